The molecule has 0 unspecified atom stereocenters. The molecule has 0 aliphatic carbocycles. The number of ether oxygens (including phenoxy) is 4. The van der Waals surface area contributed by atoms with Crippen LogP contribution in [0.4, 0.5) is 11.4 Å². The van der Waals surface area contributed by atoms with Crippen molar-refractivity contribution in [1.29, 1.82) is 0 Å². The van der Waals surface area contributed by atoms with Crippen LogP contribution >= 0.6 is 0 Å². The molecule has 0 saturated heterocycles. The number of benzene rings is 2. The van der Waals surface area contributed by atoms with Gasteiger partial charge in [-0.05, 0) is 42.3 Å². The van der Waals surface area contributed by atoms with E-state index in [1.165, 1.54) is 0 Å². The van der Waals surface area contributed by atoms with Crippen LogP contribution in [-0.4, -0.2) is 45.9 Å². The first-order valence-electron chi connectivity index (χ1n) is 9.24. The fraction of sp³-hybridized carbons (Fsp3) is 0.333. The van der Waals surface area contributed by atoms with Gasteiger partial charge in [0.25, 0.3) is 5.91 Å². The predicted molar refractivity (Wildman–Crippen MR) is 108 cm³/mol. The molecule has 8 heteroatoms. The lowest BCUT2D eigenvalue weighted by Crippen LogP contribution is -2.21. The number of rotatable bonds is 9. The zero-order valence-electron chi connectivity index (χ0n) is 16.4. The number of anilines is 2. The molecule has 0 bridgehead atoms. The first-order valence-corrected chi connectivity index (χ1v) is 9.24. The number of amides is 2. The van der Waals surface area contributed by atoms with E-state index in [-0.39, 0.29) is 18.4 Å². The fourth-order valence-electron chi connectivity index (χ4n) is 2.90. The molecule has 8 nitrogen and oxygen atoms in total. The van der Waals surface area contributed by atoms with E-state index < -0.39 is 0 Å². The summed E-state index contributed by atoms with van der Waals surface area (Å²) in [4.78, 5) is 23.7. The van der Waals surface area contributed by atoms with Crippen LogP contribution in [0.5, 0.6) is 17.2 Å². The zero-order chi connectivity index (χ0) is 20.6. The van der Waals surface area contributed by atoms with Crippen LogP contribution in [0, 0.1) is 0 Å². The van der Waals surface area contributed by atoms with Gasteiger partial charge in [0.05, 0.1) is 13.7 Å². The van der Waals surface area contributed by atoms with Crippen LogP contribution < -0.4 is 24.8 Å². The molecule has 3 rings (SSSR count). The first-order chi connectivity index (χ1) is 14.1. The summed E-state index contributed by atoms with van der Waals surface area (Å²) in [6.07, 6.45) is 1.10. The van der Waals surface area contributed by atoms with Crippen LogP contribution in [-0.2, 0) is 20.7 Å². The van der Waals surface area contributed by atoms with Gasteiger partial charge >= 0.3 is 0 Å². The van der Waals surface area contributed by atoms with E-state index in [9.17, 15) is 9.59 Å². The van der Waals surface area contributed by atoms with Gasteiger partial charge in [-0.3, -0.25) is 9.59 Å². The summed E-state index contributed by atoms with van der Waals surface area (Å²) in [5, 5.41) is 5.59. The molecular weight excluding hydrogens is 376 g/mol. The number of fused-ring (bicyclic) bond motifs is 1. The summed E-state index contributed by atoms with van der Waals surface area (Å²) in [6.45, 7) is 0.668. The predicted octanol–water partition coefficient (Wildman–Crippen LogP) is 2.62. The van der Waals surface area contributed by atoms with E-state index in [0.29, 0.717) is 49.0 Å². The van der Waals surface area contributed by atoms with Gasteiger partial charge in [0, 0.05) is 31.0 Å². The third kappa shape index (κ3) is 5.61. The Morgan fingerprint density at radius 2 is 1.90 bits per heavy atom. The van der Waals surface area contributed by atoms with Gasteiger partial charge in [0.1, 0.15) is 12.4 Å². The van der Waals surface area contributed by atoms with Crippen molar-refractivity contribution in [2.24, 2.45) is 0 Å². The Kier molecular flexibility index (Phi) is 6.91. The monoisotopic (exact) mass is 400 g/mol. The second-order valence-electron chi connectivity index (χ2n) is 6.41. The molecule has 0 atom stereocenters. The second kappa shape index (κ2) is 9.79. The fourth-order valence-corrected chi connectivity index (χ4v) is 2.90. The summed E-state index contributed by atoms with van der Waals surface area (Å²) < 4.78 is 21.4. The molecule has 1 aliphatic heterocycles. The van der Waals surface area contributed by atoms with Crippen molar-refractivity contribution in [2.75, 3.05) is 44.7 Å². The molecule has 29 heavy (non-hydrogen) atoms. The molecule has 154 valence electrons. The molecule has 2 N–H and O–H groups in total. The van der Waals surface area contributed by atoms with Crippen molar-refractivity contribution >= 4 is 23.2 Å². The average Bonchev–Trinajstić information content (AvgIpc) is 2.72. The van der Waals surface area contributed by atoms with Gasteiger partial charge in [-0.15, -0.1) is 0 Å². The van der Waals surface area contributed by atoms with E-state index in [1.54, 1.807) is 44.6 Å². The minimum atomic E-state index is -0.302. The minimum Gasteiger partial charge on any atom is -0.493 e. The second-order valence-corrected chi connectivity index (χ2v) is 6.41. The van der Waals surface area contributed by atoms with E-state index >= 15 is 0 Å². The number of nitrogens with one attached hydrogen (secondary N) is 2. The SMILES string of the molecule is COCCOc1cc(NC(=O)COc2ccc3c(c2)CCC(=O)N3)ccc1OC. The average molecular weight is 400 g/mol. The molecule has 1 heterocycles. The first kappa shape index (κ1) is 20.5. The maximum Gasteiger partial charge on any atom is 0.262 e. The number of methoxy groups -OCH3 is 2. The lowest BCUT2D eigenvalue weighted by Gasteiger charge is -2.17. The minimum absolute atomic E-state index is 0.00982. The van der Waals surface area contributed by atoms with Crippen molar-refractivity contribution in [3.05, 3.63) is 42.0 Å². The highest BCUT2D eigenvalue weighted by Gasteiger charge is 2.15. The maximum absolute atomic E-state index is 12.3. The van der Waals surface area contributed by atoms with E-state index in [2.05, 4.69) is 10.6 Å². The Bertz CT molecular complexity index is 883. The molecule has 2 aromatic rings. The van der Waals surface area contributed by atoms with Crippen LogP contribution in [0.3, 0.4) is 0 Å². The van der Waals surface area contributed by atoms with Gasteiger partial charge in [-0.25, -0.2) is 0 Å². The number of carbonyl (C=O) groups excluding carboxylic acids is 2. The Hall–Kier alpha value is -3.26. The number of aryl methyl sites for hydroxylation is 1. The summed E-state index contributed by atoms with van der Waals surface area (Å²) in [5.41, 5.74) is 2.35. The largest absolute Gasteiger partial charge is 0.493 e. The van der Waals surface area contributed by atoms with Gasteiger partial charge in [0.15, 0.2) is 18.1 Å². The molecule has 2 amide bonds. The molecule has 0 radical (unpaired) electrons. The standard InChI is InChI=1S/C21H24N2O6/c1-26-9-10-28-19-12-15(4-7-18(19)27-2)22-21(25)13-29-16-5-6-17-14(11-16)3-8-20(24)23-17/h4-7,11-12H,3,8-10,13H2,1-2H3,(H,22,25)(H,23,24). The van der Waals surface area contributed by atoms with Crippen molar-refractivity contribution in [2.45, 2.75) is 12.8 Å². The van der Waals surface area contributed by atoms with Crippen LogP contribution in [0.15, 0.2) is 36.4 Å². The van der Waals surface area contributed by atoms with Crippen LogP contribution in [0.25, 0.3) is 0 Å². The number of hydrogen-bond donors (Lipinski definition) is 2. The lowest BCUT2D eigenvalue weighted by molar-refractivity contribution is -0.118. The summed E-state index contributed by atoms with van der Waals surface area (Å²) in [6, 6.07) is 10.5. The van der Waals surface area contributed by atoms with E-state index in [0.717, 1.165) is 11.3 Å². The third-order valence-corrected chi connectivity index (χ3v) is 4.33. The Labute approximate surface area is 169 Å². The molecular formula is C21H24N2O6. The molecule has 0 saturated carbocycles. The van der Waals surface area contributed by atoms with Crippen molar-refractivity contribution in [3.63, 3.8) is 0 Å². The smallest absolute Gasteiger partial charge is 0.262 e. The number of hydrogen-bond acceptors (Lipinski definition) is 6. The lowest BCUT2D eigenvalue weighted by atomic mass is 10.0. The van der Waals surface area contributed by atoms with Gasteiger partial charge in [-0.1, -0.05) is 0 Å². The summed E-state index contributed by atoms with van der Waals surface area (Å²) >= 11 is 0. The molecule has 1 aliphatic rings. The van der Waals surface area contributed by atoms with Gasteiger partial charge < -0.3 is 29.6 Å². The van der Waals surface area contributed by atoms with Crippen molar-refractivity contribution in [3.8, 4) is 17.2 Å². The maximum atomic E-state index is 12.3. The van der Waals surface area contributed by atoms with Crippen LogP contribution in [0.2, 0.25) is 0 Å². The van der Waals surface area contributed by atoms with Crippen molar-refractivity contribution < 1.29 is 28.5 Å². The van der Waals surface area contributed by atoms with Crippen LogP contribution in [0.1, 0.15) is 12.0 Å². The van der Waals surface area contributed by atoms with Gasteiger partial charge in [0.2, 0.25) is 5.91 Å². The van der Waals surface area contributed by atoms with E-state index in [1.807, 2.05) is 6.07 Å². The Morgan fingerprint density at radius 1 is 1.03 bits per heavy atom. The molecule has 0 aromatic heterocycles. The summed E-state index contributed by atoms with van der Waals surface area (Å²) in [7, 11) is 3.14. The highest BCUT2D eigenvalue weighted by molar-refractivity contribution is 5.94. The molecule has 2 aromatic carbocycles. The quantitative estimate of drug-likeness (QED) is 0.629. The third-order valence-electron chi connectivity index (χ3n) is 4.33. The van der Waals surface area contributed by atoms with Crippen molar-refractivity contribution in [1.82, 2.24) is 0 Å². The summed E-state index contributed by atoms with van der Waals surface area (Å²) in [5.74, 6) is 1.37. The molecule has 0 spiro atoms. The normalized spacial score (nSPS) is 12.6. The highest BCUT2D eigenvalue weighted by atomic mass is 16.5. The topological polar surface area (TPSA) is 95.1 Å². The zero-order valence-corrected chi connectivity index (χ0v) is 16.4. The van der Waals surface area contributed by atoms with E-state index in [4.69, 9.17) is 18.9 Å². The highest BCUT2D eigenvalue weighted by Crippen LogP contribution is 2.30. The van der Waals surface area contributed by atoms with Gasteiger partial charge in [-0.2, -0.15) is 0 Å². The molecule has 0 fully saturated rings. The number of carbonyl (C=O) groups is 2. The Morgan fingerprint density at radius 3 is 2.69 bits per heavy atom. The Balaban J connectivity index is 1.56.